The highest BCUT2D eigenvalue weighted by Crippen LogP contribution is 2.21. The molecule has 100 valence electrons. The standard InChI is InChI=1S/C12H17BrFN3O/c13-9-6-11(14)12(16-7-9)17(4-5-18)8-10-2-1-3-15-10/h6-7,10,15,18H,1-5,8H2. The molecule has 0 radical (unpaired) electrons. The van der Waals surface area contributed by atoms with Crippen LogP contribution in [-0.2, 0) is 0 Å². The summed E-state index contributed by atoms with van der Waals surface area (Å²) < 4.78 is 14.5. The van der Waals surface area contributed by atoms with Crippen LogP contribution in [0.25, 0.3) is 0 Å². The minimum atomic E-state index is -0.365. The van der Waals surface area contributed by atoms with Crippen molar-refractivity contribution >= 4 is 21.7 Å². The van der Waals surface area contributed by atoms with Crippen molar-refractivity contribution in [3.05, 3.63) is 22.6 Å². The molecule has 0 amide bonds. The molecule has 2 heterocycles. The smallest absolute Gasteiger partial charge is 0.166 e. The molecule has 1 aromatic rings. The van der Waals surface area contributed by atoms with Gasteiger partial charge in [0.2, 0.25) is 0 Å². The Hall–Kier alpha value is -0.720. The fourth-order valence-corrected chi connectivity index (χ4v) is 2.53. The van der Waals surface area contributed by atoms with Crippen LogP contribution in [0.15, 0.2) is 16.7 Å². The third kappa shape index (κ3) is 3.40. The van der Waals surface area contributed by atoms with E-state index in [1.807, 2.05) is 0 Å². The fraction of sp³-hybridized carbons (Fsp3) is 0.583. The van der Waals surface area contributed by atoms with Gasteiger partial charge in [-0.15, -0.1) is 0 Å². The van der Waals surface area contributed by atoms with Gasteiger partial charge in [-0.1, -0.05) is 0 Å². The topological polar surface area (TPSA) is 48.4 Å². The normalized spacial score (nSPS) is 19.2. The maximum absolute atomic E-state index is 13.9. The molecule has 1 fully saturated rings. The molecule has 2 N–H and O–H groups in total. The van der Waals surface area contributed by atoms with Gasteiger partial charge in [0, 0.05) is 29.8 Å². The highest BCUT2D eigenvalue weighted by Gasteiger charge is 2.20. The average molecular weight is 318 g/mol. The second-order valence-corrected chi connectivity index (χ2v) is 5.34. The molecular formula is C12H17BrFN3O. The summed E-state index contributed by atoms with van der Waals surface area (Å²) in [5.41, 5.74) is 0. The number of nitrogens with one attached hydrogen (secondary N) is 1. The molecule has 1 atom stereocenters. The minimum Gasteiger partial charge on any atom is -0.395 e. The third-order valence-electron chi connectivity index (χ3n) is 3.06. The van der Waals surface area contributed by atoms with E-state index in [-0.39, 0.29) is 12.4 Å². The maximum Gasteiger partial charge on any atom is 0.166 e. The van der Waals surface area contributed by atoms with Crippen molar-refractivity contribution < 1.29 is 9.50 Å². The van der Waals surface area contributed by atoms with E-state index in [0.29, 0.717) is 29.4 Å². The number of anilines is 1. The van der Waals surface area contributed by atoms with Crippen LogP contribution in [0.4, 0.5) is 10.2 Å². The number of aliphatic hydroxyl groups excluding tert-OH is 1. The van der Waals surface area contributed by atoms with E-state index in [9.17, 15) is 4.39 Å². The number of pyridine rings is 1. The zero-order valence-electron chi connectivity index (χ0n) is 10.1. The van der Waals surface area contributed by atoms with Crippen LogP contribution in [0.1, 0.15) is 12.8 Å². The van der Waals surface area contributed by atoms with E-state index < -0.39 is 0 Å². The Labute approximate surface area is 114 Å². The van der Waals surface area contributed by atoms with Crippen molar-refractivity contribution in [2.24, 2.45) is 0 Å². The highest BCUT2D eigenvalue weighted by molar-refractivity contribution is 9.10. The molecule has 6 heteroatoms. The first-order chi connectivity index (χ1) is 8.70. The molecule has 4 nitrogen and oxygen atoms in total. The number of nitrogens with zero attached hydrogens (tertiary/aromatic N) is 2. The summed E-state index contributed by atoms with van der Waals surface area (Å²) in [6.07, 6.45) is 3.80. The lowest BCUT2D eigenvalue weighted by atomic mass is 10.2. The SMILES string of the molecule is OCCN(CC1CCCN1)c1ncc(Br)cc1F. The van der Waals surface area contributed by atoms with Gasteiger partial charge in [-0.2, -0.15) is 0 Å². The van der Waals surface area contributed by atoms with Gasteiger partial charge in [-0.3, -0.25) is 0 Å². The first kappa shape index (κ1) is 13.7. The first-order valence-corrected chi connectivity index (χ1v) is 6.90. The second-order valence-electron chi connectivity index (χ2n) is 4.42. The van der Waals surface area contributed by atoms with Crippen molar-refractivity contribution in [3.8, 4) is 0 Å². The molecule has 1 aliphatic heterocycles. The summed E-state index contributed by atoms with van der Waals surface area (Å²) >= 11 is 3.19. The summed E-state index contributed by atoms with van der Waals surface area (Å²) in [6.45, 7) is 2.06. The molecule has 1 aliphatic rings. The van der Waals surface area contributed by atoms with Crippen molar-refractivity contribution in [1.82, 2.24) is 10.3 Å². The number of aromatic nitrogens is 1. The average Bonchev–Trinajstić information content (AvgIpc) is 2.81. The van der Waals surface area contributed by atoms with Gasteiger partial charge in [0.05, 0.1) is 6.61 Å². The van der Waals surface area contributed by atoms with Crippen molar-refractivity contribution in [1.29, 1.82) is 0 Å². The lowest BCUT2D eigenvalue weighted by Crippen LogP contribution is -2.40. The lowest BCUT2D eigenvalue weighted by Gasteiger charge is -2.26. The Morgan fingerprint density at radius 3 is 3.06 bits per heavy atom. The summed E-state index contributed by atoms with van der Waals surface area (Å²) in [5.74, 6) is -0.0585. The molecule has 18 heavy (non-hydrogen) atoms. The van der Waals surface area contributed by atoms with Gasteiger partial charge >= 0.3 is 0 Å². The zero-order valence-corrected chi connectivity index (χ0v) is 11.7. The largest absolute Gasteiger partial charge is 0.395 e. The lowest BCUT2D eigenvalue weighted by molar-refractivity contribution is 0.299. The molecule has 1 aromatic heterocycles. The van der Waals surface area contributed by atoms with Crippen LogP contribution >= 0.6 is 15.9 Å². The second kappa shape index (κ2) is 6.45. The summed E-state index contributed by atoms with van der Waals surface area (Å²) in [5, 5.41) is 12.5. The Morgan fingerprint density at radius 2 is 2.44 bits per heavy atom. The van der Waals surface area contributed by atoms with Gasteiger partial charge in [0.25, 0.3) is 0 Å². The van der Waals surface area contributed by atoms with E-state index in [1.165, 1.54) is 6.07 Å². The summed E-state index contributed by atoms with van der Waals surface area (Å²) in [6, 6.07) is 1.75. The number of aliphatic hydroxyl groups is 1. The van der Waals surface area contributed by atoms with Crippen molar-refractivity contribution in [2.75, 3.05) is 31.1 Å². The molecule has 1 unspecified atom stereocenters. The predicted octanol–water partition coefficient (Wildman–Crippen LogP) is 1.53. The van der Waals surface area contributed by atoms with Gasteiger partial charge in [0.15, 0.2) is 11.6 Å². The van der Waals surface area contributed by atoms with Crippen molar-refractivity contribution in [3.63, 3.8) is 0 Å². The van der Waals surface area contributed by atoms with Crippen LogP contribution in [-0.4, -0.2) is 42.4 Å². The van der Waals surface area contributed by atoms with Crippen LogP contribution in [0, 0.1) is 5.82 Å². The molecule has 0 aromatic carbocycles. The van der Waals surface area contributed by atoms with Crippen LogP contribution < -0.4 is 10.2 Å². The first-order valence-electron chi connectivity index (χ1n) is 6.11. The summed E-state index contributed by atoms with van der Waals surface area (Å²) in [7, 11) is 0. The quantitative estimate of drug-likeness (QED) is 0.864. The number of rotatable bonds is 5. The third-order valence-corrected chi connectivity index (χ3v) is 3.49. The summed E-state index contributed by atoms with van der Waals surface area (Å²) in [4.78, 5) is 5.90. The Balaban J connectivity index is 2.12. The van der Waals surface area contributed by atoms with E-state index in [0.717, 1.165) is 19.4 Å². The van der Waals surface area contributed by atoms with Gasteiger partial charge in [-0.25, -0.2) is 9.37 Å². The van der Waals surface area contributed by atoms with Crippen LogP contribution in [0.3, 0.4) is 0 Å². The van der Waals surface area contributed by atoms with Crippen molar-refractivity contribution in [2.45, 2.75) is 18.9 Å². The predicted molar refractivity (Wildman–Crippen MR) is 72.2 cm³/mol. The van der Waals surface area contributed by atoms with E-state index in [2.05, 4.69) is 26.2 Å². The Kier molecular flexibility index (Phi) is 4.91. The highest BCUT2D eigenvalue weighted by atomic mass is 79.9. The number of hydrogen-bond acceptors (Lipinski definition) is 4. The minimum absolute atomic E-state index is 0.0100. The Morgan fingerprint density at radius 1 is 1.61 bits per heavy atom. The molecule has 0 saturated carbocycles. The molecule has 0 bridgehead atoms. The Bertz CT molecular complexity index is 399. The van der Waals surface area contributed by atoms with Crippen LogP contribution in [0.2, 0.25) is 0 Å². The fourth-order valence-electron chi connectivity index (χ4n) is 2.22. The van der Waals surface area contributed by atoms with E-state index >= 15 is 0 Å². The van der Waals surface area contributed by atoms with E-state index in [4.69, 9.17) is 5.11 Å². The molecule has 2 rings (SSSR count). The van der Waals surface area contributed by atoms with Gasteiger partial charge in [0.1, 0.15) is 0 Å². The van der Waals surface area contributed by atoms with Crippen LogP contribution in [0.5, 0.6) is 0 Å². The molecule has 1 saturated heterocycles. The van der Waals surface area contributed by atoms with E-state index in [1.54, 1.807) is 11.1 Å². The molecule has 0 spiro atoms. The number of halogens is 2. The maximum atomic E-state index is 13.9. The van der Waals surface area contributed by atoms with Gasteiger partial charge in [-0.05, 0) is 41.4 Å². The number of hydrogen-bond donors (Lipinski definition) is 2. The molecule has 0 aliphatic carbocycles. The monoisotopic (exact) mass is 317 g/mol. The zero-order chi connectivity index (χ0) is 13.0. The van der Waals surface area contributed by atoms with Gasteiger partial charge < -0.3 is 15.3 Å². The molecular weight excluding hydrogens is 301 g/mol.